The van der Waals surface area contributed by atoms with Crippen molar-refractivity contribution in [2.24, 2.45) is 5.92 Å². The van der Waals surface area contributed by atoms with Gasteiger partial charge in [-0.15, -0.1) is 5.10 Å². The summed E-state index contributed by atoms with van der Waals surface area (Å²) in [6.07, 6.45) is 1.73. The van der Waals surface area contributed by atoms with Gasteiger partial charge in [0.1, 0.15) is 0 Å². The maximum Gasteiger partial charge on any atom is 0.243 e. The summed E-state index contributed by atoms with van der Waals surface area (Å²) in [6, 6.07) is 3.81. The van der Waals surface area contributed by atoms with Crippen molar-refractivity contribution in [3.63, 3.8) is 0 Å². The highest BCUT2D eigenvalue weighted by atomic mass is 35.5. The van der Waals surface area contributed by atoms with Gasteiger partial charge in [-0.2, -0.15) is 4.98 Å². The molecule has 0 aliphatic carbocycles. The average molecular weight is 269 g/mol. The number of hydrogen-bond acceptors (Lipinski definition) is 4. The van der Waals surface area contributed by atoms with E-state index in [1.165, 1.54) is 0 Å². The van der Waals surface area contributed by atoms with Crippen molar-refractivity contribution in [2.45, 2.75) is 19.9 Å². The normalized spacial score (nSPS) is 13.2. The lowest BCUT2D eigenvalue weighted by Crippen LogP contribution is -2.30. The van der Waals surface area contributed by atoms with E-state index in [0.29, 0.717) is 23.5 Å². The monoisotopic (exact) mass is 268 g/mol. The van der Waals surface area contributed by atoms with E-state index < -0.39 is 0 Å². The Hall–Kier alpha value is -1.33. The van der Waals surface area contributed by atoms with E-state index >= 15 is 0 Å². The summed E-state index contributed by atoms with van der Waals surface area (Å²) in [5.74, 6) is 1.02. The second kappa shape index (κ2) is 5.54. The summed E-state index contributed by atoms with van der Waals surface area (Å²) >= 11 is 5.90. The highest BCUT2D eigenvalue weighted by Crippen LogP contribution is 2.13. The Balaban J connectivity index is 2.20. The lowest BCUT2D eigenvalue weighted by molar-refractivity contribution is 0.171. The van der Waals surface area contributed by atoms with Crippen molar-refractivity contribution >= 4 is 23.2 Å². The molecule has 0 fully saturated rings. The van der Waals surface area contributed by atoms with Crippen LogP contribution in [0.15, 0.2) is 18.3 Å². The Morgan fingerprint density at radius 2 is 2.22 bits per heavy atom. The number of nitrogens with zero attached hydrogens (tertiary/aromatic N) is 3. The molecule has 0 aliphatic heterocycles. The molecule has 0 saturated carbocycles. The number of nitrogens with one attached hydrogen (secondary N) is 1. The molecule has 1 atom stereocenters. The van der Waals surface area contributed by atoms with Crippen molar-refractivity contribution in [3.05, 3.63) is 23.4 Å². The molecule has 1 unspecified atom stereocenters. The number of rotatable bonds is 5. The topological polar surface area (TPSA) is 51.5 Å². The van der Waals surface area contributed by atoms with Gasteiger partial charge in [0.25, 0.3) is 0 Å². The van der Waals surface area contributed by atoms with Crippen LogP contribution in [0.2, 0.25) is 5.02 Å². The van der Waals surface area contributed by atoms with E-state index in [0.717, 1.165) is 5.65 Å². The highest BCUT2D eigenvalue weighted by Gasteiger charge is 2.15. The number of methoxy groups -OCH3 is 1. The van der Waals surface area contributed by atoms with Crippen LogP contribution in [0.3, 0.4) is 0 Å². The molecule has 2 aromatic heterocycles. The van der Waals surface area contributed by atoms with Crippen LogP contribution in [-0.2, 0) is 4.74 Å². The van der Waals surface area contributed by atoms with Gasteiger partial charge < -0.3 is 10.1 Å². The third-order valence-corrected chi connectivity index (χ3v) is 2.98. The Morgan fingerprint density at radius 3 is 2.89 bits per heavy atom. The lowest BCUT2D eigenvalue weighted by atomic mass is 10.1. The van der Waals surface area contributed by atoms with E-state index in [1.807, 2.05) is 6.07 Å². The van der Waals surface area contributed by atoms with Crippen LogP contribution in [0.5, 0.6) is 0 Å². The smallest absolute Gasteiger partial charge is 0.243 e. The zero-order valence-corrected chi connectivity index (χ0v) is 11.5. The van der Waals surface area contributed by atoms with E-state index in [2.05, 4.69) is 29.2 Å². The molecule has 1 N–H and O–H groups in total. The fourth-order valence-corrected chi connectivity index (χ4v) is 1.82. The van der Waals surface area contributed by atoms with Gasteiger partial charge in [-0.3, -0.25) is 0 Å². The van der Waals surface area contributed by atoms with Crippen molar-refractivity contribution in [3.8, 4) is 0 Å². The number of pyridine rings is 1. The van der Waals surface area contributed by atoms with Crippen molar-refractivity contribution in [1.82, 2.24) is 14.6 Å². The van der Waals surface area contributed by atoms with Gasteiger partial charge >= 0.3 is 0 Å². The molecular weight excluding hydrogens is 252 g/mol. The standard InChI is InChI=1S/C12H17ClN4O/c1-8(2)10(7-18-3)14-12-15-11-5-4-9(13)6-17(11)16-12/h4-6,8,10H,7H2,1-3H3,(H,14,16). The molecule has 5 nitrogen and oxygen atoms in total. The summed E-state index contributed by atoms with van der Waals surface area (Å²) in [6.45, 7) is 4.88. The zero-order chi connectivity index (χ0) is 13.1. The van der Waals surface area contributed by atoms with Gasteiger partial charge in [0.2, 0.25) is 5.95 Å². The number of anilines is 1. The number of halogens is 1. The molecule has 6 heteroatoms. The quantitative estimate of drug-likeness (QED) is 0.905. The minimum atomic E-state index is 0.183. The zero-order valence-electron chi connectivity index (χ0n) is 10.7. The Morgan fingerprint density at radius 1 is 1.44 bits per heavy atom. The first-order chi connectivity index (χ1) is 8.60. The summed E-state index contributed by atoms with van der Waals surface area (Å²) in [4.78, 5) is 4.38. The van der Waals surface area contributed by atoms with Gasteiger partial charge in [-0.05, 0) is 18.1 Å². The van der Waals surface area contributed by atoms with Crippen LogP contribution in [0, 0.1) is 5.92 Å². The van der Waals surface area contributed by atoms with E-state index in [-0.39, 0.29) is 6.04 Å². The largest absolute Gasteiger partial charge is 0.383 e. The first-order valence-electron chi connectivity index (χ1n) is 5.87. The lowest BCUT2D eigenvalue weighted by Gasteiger charge is -2.20. The Labute approximate surface area is 111 Å². The van der Waals surface area contributed by atoms with Crippen LogP contribution < -0.4 is 5.32 Å². The van der Waals surface area contributed by atoms with Crippen LogP contribution in [0.4, 0.5) is 5.95 Å². The molecule has 0 aromatic carbocycles. The molecule has 0 radical (unpaired) electrons. The molecule has 0 amide bonds. The first-order valence-corrected chi connectivity index (χ1v) is 6.25. The van der Waals surface area contributed by atoms with Gasteiger partial charge in [-0.1, -0.05) is 25.4 Å². The molecule has 0 aliphatic rings. The Bertz CT molecular complexity index is 526. The second-order valence-electron chi connectivity index (χ2n) is 4.54. The maximum absolute atomic E-state index is 5.90. The van der Waals surface area contributed by atoms with Gasteiger partial charge in [-0.25, -0.2) is 4.52 Å². The minimum absolute atomic E-state index is 0.183. The predicted molar refractivity (Wildman–Crippen MR) is 72.1 cm³/mol. The molecule has 2 aromatic rings. The second-order valence-corrected chi connectivity index (χ2v) is 4.97. The van der Waals surface area contributed by atoms with Crippen LogP contribution in [-0.4, -0.2) is 34.4 Å². The van der Waals surface area contributed by atoms with Crippen LogP contribution in [0.1, 0.15) is 13.8 Å². The summed E-state index contributed by atoms with van der Waals surface area (Å²) < 4.78 is 6.85. The SMILES string of the molecule is COCC(Nc1nc2ccc(Cl)cn2n1)C(C)C. The third-order valence-electron chi connectivity index (χ3n) is 2.76. The molecule has 0 bridgehead atoms. The van der Waals surface area contributed by atoms with Gasteiger partial charge in [0, 0.05) is 13.3 Å². The van der Waals surface area contributed by atoms with Gasteiger partial charge in [0.05, 0.1) is 17.7 Å². The molecular formula is C12H17ClN4O. The van der Waals surface area contributed by atoms with Crippen molar-refractivity contribution in [1.29, 1.82) is 0 Å². The first kappa shape index (κ1) is 13.1. The highest BCUT2D eigenvalue weighted by molar-refractivity contribution is 6.30. The Kier molecular flexibility index (Phi) is 4.04. The minimum Gasteiger partial charge on any atom is -0.383 e. The third kappa shape index (κ3) is 2.91. The molecule has 2 rings (SSSR count). The molecule has 18 heavy (non-hydrogen) atoms. The molecule has 0 saturated heterocycles. The van der Waals surface area contributed by atoms with E-state index in [1.54, 1.807) is 23.9 Å². The number of fused-ring (bicyclic) bond motifs is 1. The summed E-state index contributed by atoms with van der Waals surface area (Å²) in [7, 11) is 1.69. The average Bonchev–Trinajstić information content (AvgIpc) is 2.69. The fraction of sp³-hybridized carbons (Fsp3) is 0.500. The molecule has 0 spiro atoms. The van der Waals surface area contributed by atoms with Gasteiger partial charge in [0.15, 0.2) is 5.65 Å². The van der Waals surface area contributed by atoms with Crippen molar-refractivity contribution < 1.29 is 4.74 Å². The molecule has 98 valence electrons. The number of hydrogen-bond donors (Lipinski definition) is 1. The van der Waals surface area contributed by atoms with Crippen LogP contribution >= 0.6 is 11.6 Å². The summed E-state index contributed by atoms with van der Waals surface area (Å²) in [5, 5.41) is 8.24. The predicted octanol–water partition coefficient (Wildman–Crippen LogP) is 2.47. The fourth-order valence-electron chi connectivity index (χ4n) is 1.67. The summed E-state index contributed by atoms with van der Waals surface area (Å²) in [5.41, 5.74) is 0.766. The molecule has 2 heterocycles. The van der Waals surface area contributed by atoms with Crippen molar-refractivity contribution in [2.75, 3.05) is 19.0 Å². The number of ether oxygens (including phenoxy) is 1. The number of aromatic nitrogens is 3. The van der Waals surface area contributed by atoms with Crippen LogP contribution in [0.25, 0.3) is 5.65 Å². The maximum atomic E-state index is 5.90. The van der Waals surface area contributed by atoms with E-state index in [4.69, 9.17) is 16.3 Å². The van der Waals surface area contributed by atoms with E-state index in [9.17, 15) is 0 Å².